The SMILES string of the molecule is CC[C@H]1c2ccsc2CCN1C(=O)c1ccc(Cl)c(S(C)(=O)=O)c1. The average molecular weight is 384 g/mol. The Labute approximate surface area is 151 Å². The number of amides is 1. The van der Waals surface area contributed by atoms with Gasteiger partial charge in [-0.2, -0.15) is 0 Å². The minimum atomic E-state index is -3.48. The third-order valence-electron chi connectivity index (χ3n) is 4.32. The molecule has 0 N–H and O–H groups in total. The molecule has 0 fully saturated rings. The molecule has 2 aromatic rings. The second kappa shape index (κ2) is 6.50. The lowest BCUT2D eigenvalue weighted by Crippen LogP contribution is -2.39. The van der Waals surface area contributed by atoms with Gasteiger partial charge in [0.15, 0.2) is 9.84 Å². The number of benzene rings is 1. The number of sulfone groups is 1. The molecule has 4 nitrogen and oxygen atoms in total. The summed E-state index contributed by atoms with van der Waals surface area (Å²) in [5, 5.41) is 2.20. The van der Waals surface area contributed by atoms with Gasteiger partial charge in [-0.05, 0) is 48.1 Å². The summed E-state index contributed by atoms with van der Waals surface area (Å²) in [4.78, 5) is 16.1. The molecule has 2 heterocycles. The van der Waals surface area contributed by atoms with Gasteiger partial charge in [0.05, 0.1) is 16.0 Å². The van der Waals surface area contributed by atoms with Crippen LogP contribution < -0.4 is 0 Å². The number of carbonyl (C=O) groups is 1. The van der Waals surface area contributed by atoms with Crippen molar-refractivity contribution in [2.75, 3.05) is 12.8 Å². The van der Waals surface area contributed by atoms with E-state index in [-0.39, 0.29) is 21.9 Å². The zero-order valence-electron chi connectivity index (χ0n) is 13.5. The Morgan fingerprint density at radius 3 is 2.79 bits per heavy atom. The number of rotatable bonds is 3. The number of hydrogen-bond donors (Lipinski definition) is 0. The first-order valence-electron chi connectivity index (χ1n) is 7.69. The van der Waals surface area contributed by atoms with E-state index in [1.54, 1.807) is 17.4 Å². The van der Waals surface area contributed by atoms with Crippen molar-refractivity contribution in [3.63, 3.8) is 0 Å². The quantitative estimate of drug-likeness (QED) is 0.806. The summed E-state index contributed by atoms with van der Waals surface area (Å²) in [6, 6.07) is 6.57. The third kappa shape index (κ3) is 3.10. The zero-order valence-corrected chi connectivity index (χ0v) is 15.8. The molecule has 1 aromatic carbocycles. The molecule has 0 bridgehead atoms. The van der Waals surface area contributed by atoms with Gasteiger partial charge in [-0.25, -0.2) is 8.42 Å². The second-order valence-corrected chi connectivity index (χ2v) is 9.28. The number of thiophene rings is 1. The van der Waals surface area contributed by atoms with Crippen LogP contribution in [0.2, 0.25) is 5.02 Å². The van der Waals surface area contributed by atoms with Crippen LogP contribution in [0, 0.1) is 0 Å². The van der Waals surface area contributed by atoms with E-state index in [4.69, 9.17) is 11.6 Å². The van der Waals surface area contributed by atoms with Gasteiger partial charge in [0.25, 0.3) is 5.91 Å². The van der Waals surface area contributed by atoms with Crippen molar-refractivity contribution in [2.45, 2.75) is 30.7 Å². The van der Waals surface area contributed by atoms with Crippen LogP contribution in [-0.2, 0) is 16.3 Å². The van der Waals surface area contributed by atoms with Crippen LogP contribution in [0.5, 0.6) is 0 Å². The van der Waals surface area contributed by atoms with Crippen LogP contribution in [0.3, 0.4) is 0 Å². The molecule has 0 saturated carbocycles. The van der Waals surface area contributed by atoms with E-state index in [1.165, 1.54) is 22.6 Å². The molecule has 1 aliphatic rings. The molecule has 3 rings (SSSR count). The highest BCUT2D eigenvalue weighted by molar-refractivity contribution is 7.90. The van der Waals surface area contributed by atoms with Crippen LogP contribution in [0.25, 0.3) is 0 Å². The van der Waals surface area contributed by atoms with Crippen molar-refractivity contribution in [3.8, 4) is 0 Å². The molecule has 7 heteroatoms. The molecule has 128 valence electrons. The molecule has 0 unspecified atom stereocenters. The summed E-state index contributed by atoms with van der Waals surface area (Å²) in [5.74, 6) is -0.153. The van der Waals surface area contributed by atoms with Gasteiger partial charge in [-0.1, -0.05) is 18.5 Å². The van der Waals surface area contributed by atoms with Gasteiger partial charge in [-0.3, -0.25) is 4.79 Å². The van der Waals surface area contributed by atoms with Crippen LogP contribution >= 0.6 is 22.9 Å². The fourth-order valence-electron chi connectivity index (χ4n) is 3.17. The molecular weight excluding hydrogens is 366 g/mol. The van der Waals surface area contributed by atoms with Crippen molar-refractivity contribution < 1.29 is 13.2 Å². The van der Waals surface area contributed by atoms with Gasteiger partial charge in [-0.15, -0.1) is 11.3 Å². The Bertz CT molecular complexity index is 889. The summed E-state index contributed by atoms with van der Waals surface area (Å²) in [7, 11) is -3.48. The van der Waals surface area contributed by atoms with Gasteiger partial charge in [0.1, 0.15) is 0 Å². The molecule has 1 aliphatic heterocycles. The maximum absolute atomic E-state index is 13.0. The predicted molar refractivity (Wildman–Crippen MR) is 96.7 cm³/mol. The normalized spacial score (nSPS) is 17.6. The van der Waals surface area contributed by atoms with Crippen molar-refractivity contribution in [2.24, 2.45) is 0 Å². The highest BCUT2D eigenvalue weighted by Gasteiger charge is 2.31. The van der Waals surface area contributed by atoms with Gasteiger partial charge >= 0.3 is 0 Å². The average Bonchev–Trinajstić information content (AvgIpc) is 3.01. The maximum atomic E-state index is 13.0. The lowest BCUT2D eigenvalue weighted by molar-refractivity contribution is 0.0657. The largest absolute Gasteiger partial charge is 0.331 e. The molecule has 0 saturated heterocycles. The molecule has 1 amide bonds. The van der Waals surface area contributed by atoms with Crippen molar-refractivity contribution in [1.82, 2.24) is 4.90 Å². The fraction of sp³-hybridized carbons (Fsp3) is 0.353. The summed E-state index contributed by atoms with van der Waals surface area (Å²) in [5.41, 5.74) is 1.57. The van der Waals surface area contributed by atoms with E-state index in [1.807, 2.05) is 4.90 Å². The first kappa shape index (κ1) is 17.5. The van der Waals surface area contributed by atoms with E-state index < -0.39 is 9.84 Å². The first-order valence-corrected chi connectivity index (χ1v) is 10.8. The lowest BCUT2D eigenvalue weighted by atomic mass is 9.97. The van der Waals surface area contributed by atoms with Crippen LogP contribution in [-0.4, -0.2) is 32.0 Å². The van der Waals surface area contributed by atoms with Crippen molar-refractivity contribution in [1.29, 1.82) is 0 Å². The van der Waals surface area contributed by atoms with E-state index in [0.29, 0.717) is 12.1 Å². The van der Waals surface area contributed by atoms with Crippen molar-refractivity contribution >= 4 is 38.7 Å². The van der Waals surface area contributed by atoms with Crippen molar-refractivity contribution in [3.05, 3.63) is 50.7 Å². The minimum absolute atomic E-state index is 0.00343. The van der Waals surface area contributed by atoms with Crippen LogP contribution in [0.15, 0.2) is 34.5 Å². The summed E-state index contributed by atoms with van der Waals surface area (Å²) < 4.78 is 23.7. The zero-order chi connectivity index (χ0) is 17.5. The molecular formula is C17H18ClNO3S2. The highest BCUT2D eigenvalue weighted by Crippen LogP contribution is 2.36. The minimum Gasteiger partial charge on any atom is -0.331 e. The number of carbonyl (C=O) groups excluding carboxylic acids is 1. The summed E-state index contributed by atoms with van der Waals surface area (Å²) in [6.45, 7) is 2.70. The third-order valence-corrected chi connectivity index (χ3v) is 6.89. The number of hydrogen-bond acceptors (Lipinski definition) is 4. The van der Waals surface area contributed by atoms with Gasteiger partial charge in [0, 0.05) is 23.2 Å². The lowest BCUT2D eigenvalue weighted by Gasteiger charge is -2.35. The maximum Gasteiger partial charge on any atom is 0.254 e. The second-order valence-electron chi connectivity index (χ2n) is 5.89. The Kier molecular flexibility index (Phi) is 4.73. The summed E-state index contributed by atoms with van der Waals surface area (Å²) >= 11 is 7.70. The van der Waals surface area contributed by atoms with Crippen LogP contribution in [0.1, 0.15) is 40.2 Å². The molecule has 1 aromatic heterocycles. The Hall–Kier alpha value is -1.37. The van der Waals surface area contributed by atoms with E-state index in [0.717, 1.165) is 19.1 Å². The molecule has 24 heavy (non-hydrogen) atoms. The fourth-order valence-corrected chi connectivity index (χ4v) is 5.40. The first-order chi connectivity index (χ1) is 11.3. The highest BCUT2D eigenvalue weighted by atomic mass is 35.5. The molecule has 0 spiro atoms. The Balaban J connectivity index is 1.98. The number of fused-ring (bicyclic) bond motifs is 1. The topological polar surface area (TPSA) is 54.5 Å². The standard InChI is InChI=1S/C17H18ClNO3S2/c1-3-14-12-7-9-23-15(12)6-8-19(14)17(20)11-4-5-13(18)16(10-11)24(2,21)22/h4-5,7,9-10,14H,3,6,8H2,1-2H3/t14-/m0/s1. The van der Waals surface area contributed by atoms with E-state index in [9.17, 15) is 13.2 Å². The van der Waals surface area contributed by atoms with Crippen LogP contribution in [0.4, 0.5) is 0 Å². The molecule has 0 aliphatic carbocycles. The number of halogens is 1. The Morgan fingerprint density at radius 2 is 2.12 bits per heavy atom. The molecule has 0 radical (unpaired) electrons. The Morgan fingerprint density at radius 1 is 1.38 bits per heavy atom. The monoisotopic (exact) mass is 383 g/mol. The van der Waals surface area contributed by atoms with E-state index in [2.05, 4.69) is 18.4 Å². The smallest absolute Gasteiger partial charge is 0.254 e. The predicted octanol–water partition coefficient (Wildman–Crippen LogP) is 3.95. The molecule has 1 atom stereocenters. The number of nitrogens with zero attached hydrogens (tertiary/aromatic N) is 1. The van der Waals surface area contributed by atoms with E-state index >= 15 is 0 Å². The summed E-state index contributed by atoms with van der Waals surface area (Å²) in [6.07, 6.45) is 2.75. The van der Waals surface area contributed by atoms with Gasteiger partial charge in [0.2, 0.25) is 0 Å². The van der Waals surface area contributed by atoms with Gasteiger partial charge < -0.3 is 4.90 Å².